The van der Waals surface area contributed by atoms with E-state index in [9.17, 15) is 4.39 Å². The summed E-state index contributed by atoms with van der Waals surface area (Å²) >= 11 is 0. The van der Waals surface area contributed by atoms with Gasteiger partial charge in [-0.15, -0.1) is 0 Å². The highest BCUT2D eigenvalue weighted by Gasteiger charge is 2.22. The van der Waals surface area contributed by atoms with E-state index < -0.39 is 5.82 Å². The van der Waals surface area contributed by atoms with Gasteiger partial charge in [0.2, 0.25) is 0 Å². The second-order valence-electron chi connectivity index (χ2n) is 3.39. The fraction of sp³-hybridized carbons (Fsp3) is 0.333. The molecule has 1 aliphatic heterocycles. The molecular formula is C9H12FN3O. The molecule has 2 atom stereocenters. The molecule has 2 rings (SSSR count). The molecule has 5 heteroatoms. The lowest BCUT2D eigenvalue weighted by Crippen LogP contribution is -2.36. The van der Waals surface area contributed by atoms with Crippen LogP contribution in [0.15, 0.2) is 18.2 Å². The lowest BCUT2D eigenvalue weighted by molar-refractivity contribution is 0.430. The summed E-state index contributed by atoms with van der Waals surface area (Å²) < 4.78 is 13.0. The zero-order chi connectivity index (χ0) is 10.1. The Bertz CT molecular complexity index is 345. The van der Waals surface area contributed by atoms with Crippen molar-refractivity contribution >= 4 is 0 Å². The van der Waals surface area contributed by atoms with Crippen LogP contribution < -0.4 is 16.6 Å². The van der Waals surface area contributed by atoms with E-state index in [1.165, 1.54) is 12.1 Å². The average molecular weight is 197 g/mol. The Kier molecular flexibility index (Phi) is 2.37. The van der Waals surface area contributed by atoms with Crippen molar-refractivity contribution in [3.8, 4) is 5.75 Å². The fourth-order valence-electron chi connectivity index (χ4n) is 1.54. The van der Waals surface area contributed by atoms with Gasteiger partial charge in [-0.05, 0) is 24.1 Å². The Morgan fingerprint density at radius 2 is 2.21 bits per heavy atom. The molecule has 76 valence electrons. The smallest absolute Gasteiger partial charge is 0.165 e. The predicted octanol–water partition coefficient (Wildman–Crippen LogP) is 0.355. The third kappa shape index (κ3) is 1.70. The van der Waals surface area contributed by atoms with Crippen LogP contribution in [0.5, 0.6) is 5.75 Å². The molecule has 0 radical (unpaired) electrons. The molecule has 5 N–H and O–H groups in total. The molecule has 2 unspecified atom stereocenters. The van der Waals surface area contributed by atoms with Gasteiger partial charge in [-0.2, -0.15) is 0 Å². The van der Waals surface area contributed by atoms with Gasteiger partial charge in [0.15, 0.2) is 11.6 Å². The number of nitrogens with one attached hydrogen (secondary N) is 2. The molecule has 0 spiro atoms. The molecule has 1 heterocycles. The predicted molar refractivity (Wildman–Crippen MR) is 49.7 cm³/mol. The van der Waals surface area contributed by atoms with E-state index in [2.05, 4.69) is 10.9 Å². The van der Waals surface area contributed by atoms with E-state index in [4.69, 9.17) is 10.8 Å². The van der Waals surface area contributed by atoms with Gasteiger partial charge in [0.05, 0.1) is 6.17 Å². The topological polar surface area (TPSA) is 70.3 Å². The second kappa shape index (κ2) is 3.53. The lowest BCUT2D eigenvalue weighted by Gasteiger charge is -2.09. The van der Waals surface area contributed by atoms with Crippen molar-refractivity contribution in [3.63, 3.8) is 0 Å². The number of hydrogen-bond acceptors (Lipinski definition) is 4. The monoisotopic (exact) mass is 197 g/mol. The second-order valence-corrected chi connectivity index (χ2v) is 3.39. The van der Waals surface area contributed by atoms with E-state index in [-0.39, 0.29) is 18.0 Å². The first kappa shape index (κ1) is 9.39. The van der Waals surface area contributed by atoms with Gasteiger partial charge in [0.25, 0.3) is 0 Å². The highest BCUT2D eigenvalue weighted by Crippen LogP contribution is 2.24. The minimum absolute atomic E-state index is 0.0000926. The van der Waals surface area contributed by atoms with Crippen LogP contribution in [-0.4, -0.2) is 11.3 Å². The molecule has 1 aromatic rings. The number of hydrogen-bond donors (Lipinski definition) is 4. The highest BCUT2D eigenvalue weighted by molar-refractivity contribution is 5.30. The number of phenolic OH excluding ortho intramolecular Hbond substituents is 1. The number of phenols is 1. The molecule has 0 amide bonds. The largest absolute Gasteiger partial charge is 0.505 e. The Labute approximate surface area is 80.9 Å². The molecule has 0 aromatic heterocycles. The number of nitrogens with two attached hydrogens (primary N) is 1. The average Bonchev–Trinajstić information content (AvgIpc) is 2.57. The van der Waals surface area contributed by atoms with Gasteiger partial charge in [-0.25, -0.2) is 15.2 Å². The molecular weight excluding hydrogens is 185 g/mol. The molecule has 1 aliphatic rings. The maximum Gasteiger partial charge on any atom is 0.165 e. The van der Waals surface area contributed by atoms with Gasteiger partial charge in [-0.1, -0.05) is 6.07 Å². The van der Waals surface area contributed by atoms with Crippen LogP contribution >= 0.6 is 0 Å². The van der Waals surface area contributed by atoms with Crippen LogP contribution in [0.2, 0.25) is 0 Å². The van der Waals surface area contributed by atoms with E-state index in [0.717, 1.165) is 5.56 Å². The summed E-state index contributed by atoms with van der Waals surface area (Å²) in [6.45, 7) is 0. The Morgan fingerprint density at radius 3 is 2.79 bits per heavy atom. The molecule has 0 saturated carbocycles. The van der Waals surface area contributed by atoms with Crippen molar-refractivity contribution < 1.29 is 9.50 Å². The number of halogens is 1. The zero-order valence-corrected chi connectivity index (χ0v) is 7.50. The van der Waals surface area contributed by atoms with Crippen LogP contribution in [0.1, 0.15) is 18.0 Å². The van der Waals surface area contributed by atoms with Crippen molar-refractivity contribution in [1.82, 2.24) is 10.9 Å². The Hall–Kier alpha value is -1.17. The van der Waals surface area contributed by atoms with Crippen LogP contribution in [0.3, 0.4) is 0 Å². The summed E-state index contributed by atoms with van der Waals surface area (Å²) in [6.07, 6.45) is 0.585. The quantitative estimate of drug-likeness (QED) is 0.524. The van der Waals surface area contributed by atoms with Gasteiger partial charge in [-0.3, -0.25) is 0 Å². The normalized spacial score (nSPS) is 26.7. The molecule has 0 bridgehead atoms. The third-order valence-electron chi connectivity index (χ3n) is 2.31. The number of hydrazine groups is 1. The first-order chi connectivity index (χ1) is 6.66. The summed E-state index contributed by atoms with van der Waals surface area (Å²) in [5, 5.41) is 9.00. The van der Waals surface area contributed by atoms with Gasteiger partial charge in [0.1, 0.15) is 0 Å². The molecule has 14 heavy (non-hydrogen) atoms. The van der Waals surface area contributed by atoms with Crippen molar-refractivity contribution in [2.24, 2.45) is 5.73 Å². The summed E-state index contributed by atoms with van der Waals surface area (Å²) in [5.41, 5.74) is 12.2. The fourth-order valence-corrected chi connectivity index (χ4v) is 1.54. The molecule has 4 nitrogen and oxygen atoms in total. The summed E-state index contributed by atoms with van der Waals surface area (Å²) in [6, 6.07) is 4.33. The zero-order valence-electron chi connectivity index (χ0n) is 7.50. The van der Waals surface area contributed by atoms with Crippen molar-refractivity contribution in [1.29, 1.82) is 0 Å². The van der Waals surface area contributed by atoms with Crippen LogP contribution in [0.25, 0.3) is 0 Å². The van der Waals surface area contributed by atoms with Gasteiger partial charge in [0, 0.05) is 6.04 Å². The number of aromatic hydroxyl groups is 1. The molecule has 1 saturated heterocycles. The highest BCUT2D eigenvalue weighted by atomic mass is 19.1. The summed E-state index contributed by atoms with van der Waals surface area (Å²) in [4.78, 5) is 0. The van der Waals surface area contributed by atoms with Crippen molar-refractivity contribution in [3.05, 3.63) is 29.6 Å². The minimum Gasteiger partial charge on any atom is -0.505 e. The van der Waals surface area contributed by atoms with E-state index in [1.54, 1.807) is 6.07 Å². The van der Waals surface area contributed by atoms with Crippen LogP contribution in [-0.2, 0) is 0 Å². The minimum atomic E-state index is -0.607. The first-order valence-electron chi connectivity index (χ1n) is 4.42. The van der Waals surface area contributed by atoms with Gasteiger partial charge >= 0.3 is 0 Å². The SMILES string of the molecule is NC1CC(c2ccc(O)c(F)c2)NN1. The van der Waals surface area contributed by atoms with Crippen molar-refractivity contribution in [2.45, 2.75) is 18.6 Å². The van der Waals surface area contributed by atoms with Gasteiger partial charge < -0.3 is 10.8 Å². The molecule has 1 fully saturated rings. The lowest BCUT2D eigenvalue weighted by atomic mass is 10.0. The van der Waals surface area contributed by atoms with E-state index in [0.29, 0.717) is 6.42 Å². The van der Waals surface area contributed by atoms with Crippen molar-refractivity contribution in [2.75, 3.05) is 0 Å². The Morgan fingerprint density at radius 1 is 1.43 bits per heavy atom. The van der Waals surface area contributed by atoms with Crippen LogP contribution in [0.4, 0.5) is 4.39 Å². The Balaban J connectivity index is 2.20. The van der Waals surface area contributed by atoms with E-state index in [1.807, 2.05) is 0 Å². The maximum absolute atomic E-state index is 13.0. The number of benzene rings is 1. The molecule has 0 aliphatic carbocycles. The van der Waals surface area contributed by atoms with Crippen LogP contribution in [0, 0.1) is 5.82 Å². The van der Waals surface area contributed by atoms with E-state index >= 15 is 0 Å². The maximum atomic E-state index is 13.0. The summed E-state index contributed by atoms with van der Waals surface area (Å²) in [5.74, 6) is -0.936. The molecule has 1 aromatic carbocycles. The third-order valence-corrected chi connectivity index (χ3v) is 2.31. The number of rotatable bonds is 1. The summed E-state index contributed by atoms with van der Waals surface area (Å²) in [7, 11) is 0. The first-order valence-corrected chi connectivity index (χ1v) is 4.42. The standard InChI is InChI=1S/C9H12FN3O/c10-6-3-5(1-2-8(6)14)7-4-9(11)13-12-7/h1-3,7,9,12-14H,4,11H2.